The SMILES string of the molecule is Cc1nc(C2(O)CCCN(C(=O)CC(C)C)CC2)sc1COc1ccc(Cl)cc1. The highest BCUT2D eigenvalue weighted by atomic mass is 35.5. The second-order valence-corrected chi connectivity index (χ2v) is 9.65. The molecule has 0 spiro atoms. The van der Waals surface area contributed by atoms with Gasteiger partial charge in [0.05, 0.1) is 10.6 Å². The number of amides is 1. The standard InChI is InChI=1S/C22H29ClN2O3S/c1-15(2)13-20(26)25-11-4-9-22(27,10-12-25)21-24-16(3)19(29-21)14-28-18-7-5-17(23)6-8-18/h5-8,15,27H,4,9-14H2,1-3H3. The van der Waals surface area contributed by atoms with Gasteiger partial charge in [-0.3, -0.25) is 4.79 Å². The molecule has 1 unspecified atom stereocenters. The molecule has 1 amide bonds. The molecule has 1 saturated heterocycles. The van der Waals surface area contributed by atoms with Gasteiger partial charge in [-0.2, -0.15) is 0 Å². The maximum absolute atomic E-state index is 12.4. The fraction of sp³-hybridized carbons (Fsp3) is 0.545. The van der Waals surface area contributed by atoms with E-state index in [1.165, 1.54) is 11.3 Å². The van der Waals surface area contributed by atoms with Gasteiger partial charge >= 0.3 is 0 Å². The number of hydrogen-bond acceptors (Lipinski definition) is 5. The molecule has 29 heavy (non-hydrogen) atoms. The van der Waals surface area contributed by atoms with Crippen molar-refractivity contribution in [3.05, 3.63) is 44.9 Å². The highest BCUT2D eigenvalue weighted by Gasteiger charge is 2.36. The Morgan fingerprint density at radius 1 is 1.31 bits per heavy atom. The Balaban J connectivity index is 1.66. The van der Waals surface area contributed by atoms with E-state index in [1.54, 1.807) is 12.1 Å². The summed E-state index contributed by atoms with van der Waals surface area (Å²) < 4.78 is 5.85. The van der Waals surface area contributed by atoms with Crippen LogP contribution in [0, 0.1) is 12.8 Å². The molecule has 0 radical (unpaired) electrons. The van der Waals surface area contributed by atoms with Crippen LogP contribution >= 0.6 is 22.9 Å². The summed E-state index contributed by atoms with van der Waals surface area (Å²) in [5, 5.41) is 12.7. The lowest BCUT2D eigenvalue weighted by Crippen LogP contribution is -2.34. The summed E-state index contributed by atoms with van der Waals surface area (Å²) in [6.07, 6.45) is 2.46. The zero-order chi connectivity index (χ0) is 21.0. The van der Waals surface area contributed by atoms with Gasteiger partial charge in [0, 0.05) is 31.0 Å². The highest BCUT2D eigenvalue weighted by molar-refractivity contribution is 7.11. The van der Waals surface area contributed by atoms with E-state index in [-0.39, 0.29) is 5.91 Å². The molecule has 1 fully saturated rings. The average molecular weight is 437 g/mol. The molecule has 3 rings (SSSR count). The molecule has 5 nitrogen and oxygen atoms in total. The summed E-state index contributed by atoms with van der Waals surface area (Å²) in [5.41, 5.74) is -0.106. The van der Waals surface area contributed by atoms with E-state index in [0.717, 1.165) is 27.7 Å². The number of thiazole rings is 1. The number of rotatable bonds is 6. The van der Waals surface area contributed by atoms with Crippen LogP contribution in [0.5, 0.6) is 5.75 Å². The smallest absolute Gasteiger partial charge is 0.222 e. The second kappa shape index (κ2) is 9.45. The third kappa shape index (κ3) is 5.71. The second-order valence-electron chi connectivity index (χ2n) is 8.13. The van der Waals surface area contributed by atoms with E-state index in [2.05, 4.69) is 18.8 Å². The molecule has 1 aliphatic rings. The van der Waals surface area contributed by atoms with Gasteiger partial charge in [-0.25, -0.2) is 4.98 Å². The molecule has 0 saturated carbocycles. The van der Waals surface area contributed by atoms with Gasteiger partial charge in [-0.15, -0.1) is 11.3 Å². The molecule has 1 aromatic carbocycles. The topological polar surface area (TPSA) is 62.7 Å². The minimum absolute atomic E-state index is 0.177. The van der Waals surface area contributed by atoms with E-state index in [4.69, 9.17) is 16.3 Å². The van der Waals surface area contributed by atoms with E-state index in [0.29, 0.717) is 49.9 Å². The molecule has 7 heteroatoms. The first kappa shape index (κ1) is 22.1. The van der Waals surface area contributed by atoms with Gasteiger partial charge in [0.1, 0.15) is 23.0 Å². The Morgan fingerprint density at radius 3 is 2.72 bits per heavy atom. The number of aryl methyl sites for hydroxylation is 1. The Kier molecular flexibility index (Phi) is 7.19. The van der Waals surface area contributed by atoms with E-state index < -0.39 is 5.60 Å². The molecular formula is C22H29ClN2O3S. The lowest BCUT2D eigenvalue weighted by molar-refractivity contribution is -0.132. The number of carbonyl (C=O) groups is 1. The van der Waals surface area contributed by atoms with Gasteiger partial charge in [-0.05, 0) is 49.9 Å². The zero-order valence-corrected chi connectivity index (χ0v) is 18.9. The van der Waals surface area contributed by atoms with Crippen molar-refractivity contribution in [1.29, 1.82) is 0 Å². The van der Waals surface area contributed by atoms with Crippen LogP contribution in [0.2, 0.25) is 5.02 Å². The van der Waals surface area contributed by atoms with Crippen molar-refractivity contribution < 1.29 is 14.6 Å². The predicted molar refractivity (Wildman–Crippen MR) is 116 cm³/mol. The number of benzene rings is 1. The number of hydrogen-bond donors (Lipinski definition) is 1. The van der Waals surface area contributed by atoms with Crippen LogP contribution in [-0.4, -0.2) is 34.0 Å². The van der Waals surface area contributed by atoms with Crippen molar-refractivity contribution in [1.82, 2.24) is 9.88 Å². The molecule has 0 bridgehead atoms. The average Bonchev–Trinajstić information content (AvgIpc) is 2.92. The number of aliphatic hydroxyl groups is 1. The normalized spacial score (nSPS) is 20.0. The highest BCUT2D eigenvalue weighted by Crippen LogP contribution is 2.37. The molecule has 1 aliphatic heterocycles. The monoisotopic (exact) mass is 436 g/mol. The molecule has 1 atom stereocenters. The molecule has 2 aromatic rings. The quantitative estimate of drug-likeness (QED) is 0.697. The van der Waals surface area contributed by atoms with Crippen molar-refractivity contribution in [2.75, 3.05) is 13.1 Å². The van der Waals surface area contributed by atoms with E-state index in [9.17, 15) is 9.90 Å². The van der Waals surface area contributed by atoms with Crippen LogP contribution in [-0.2, 0) is 17.0 Å². The lowest BCUT2D eigenvalue weighted by atomic mass is 9.96. The predicted octanol–water partition coefficient (Wildman–Crippen LogP) is 4.93. The number of carbonyl (C=O) groups excluding carboxylic acids is 1. The van der Waals surface area contributed by atoms with Crippen LogP contribution in [0.15, 0.2) is 24.3 Å². The maximum atomic E-state index is 12.4. The number of likely N-dealkylation sites (tertiary alicyclic amines) is 1. The van der Waals surface area contributed by atoms with Crippen LogP contribution in [0.1, 0.15) is 55.1 Å². The van der Waals surface area contributed by atoms with Crippen LogP contribution in [0.4, 0.5) is 0 Å². The summed E-state index contributed by atoms with van der Waals surface area (Å²) >= 11 is 7.41. The van der Waals surface area contributed by atoms with Crippen LogP contribution < -0.4 is 4.74 Å². The number of halogens is 1. The minimum Gasteiger partial charge on any atom is -0.488 e. The molecule has 1 N–H and O–H groups in total. The van der Waals surface area contributed by atoms with Gasteiger partial charge < -0.3 is 14.7 Å². The van der Waals surface area contributed by atoms with Crippen LogP contribution in [0.25, 0.3) is 0 Å². The van der Waals surface area contributed by atoms with E-state index >= 15 is 0 Å². The largest absolute Gasteiger partial charge is 0.488 e. The number of aromatic nitrogens is 1. The van der Waals surface area contributed by atoms with Crippen molar-refractivity contribution >= 4 is 28.8 Å². The van der Waals surface area contributed by atoms with Crippen molar-refractivity contribution in [2.45, 2.75) is 58.7 Å². The Morgan fingerprint density at radius 2 is 2.03 bits per heavy atom. The van der Waals surface area contributed by atoms with Gasteiger partial charge in [-0.1, -0.05) is 25.4 Å². The number of nitrogens with zero attached hydrogens (tertiary/aromatic N) is 2. The fourth-order valence-electron chi connectivity index (χ4n) is 3.50. The molecule has 1 aromatic heterocycles. The first-order valence-corrected chi connectivity index (χ1v) is 11.3. The Hall–Kier alpha value is -1.63. The Bertz CT molecular complexity index is 837. The van der Waals surface area contributed by atoms with Crippen molar-refractivity contribution in [3.8, 4) is 5.75 Å². The van der Waals surface area contributed by atoms with Crippen molar-refractivity contribution in [3.63, 3.8) is 0 Å². The van der Waals surface area contributed by atoms with Gasteiger partial charge in [0.15, 0.2) is 0 Å². The number of ether oxygens (including phenoxy) is 1. The van der Waals surface area contributed by atoms with Gasteiger partial charge in [0.25, 0.3) is 0 Å². The third-order valence-corrected chi connectivity index (χ3v) is 6.80. The summed E-state index contributed by atoms with van der Waals surface area (Å²) in [5.74, 6) is 1.27. The van der Waals surface area contributed by atoms with E-state index in [1.807, 2.05) is 24.0 Å². The van der Waals surface area contributed by atoms with Crippen molar-refractivity contribution in [2.24, 2.45) is 5.92 Å². The summed E-state index contributed by atoms with van der Waals surface area (Å²) in [6.45, 7) is 7.72. The maximum Gasteiger partial charge on any atom is 0.222 e. The third-order valence-electron chi connectivity index (χ3n) is 5.22. The minimum atomic E-state index is -0.985. The molecule has 2 heterocycles. The first-order chi connectivity index (χ1) is 13.8. The van der Waals surface area contributed by atoms with Gasteiger partial charge in [0.2, 0.25) is 5.91 Å². The fourth-order valence-corrected chi connectivity index (χ4v) is 4.75. The Labute approximate surface area is 181 Å². The summed E-state index contributed by atoms with van der Waals surface area (Å²) in [7, 11) is 0. The molecular weight excluding hydrogens is 408 g/mol. The lowest BCUT2D eigenvalue weighted by Gasteiger charge is -2.25. The summed E-state index contributed by atoms with van der Waals surface area (Å²) in [6, 6.07) is 7.26. The molecule has 158 valence electrons. The van der Waals surface area contributed by atoms with Crippen LogP contribution in [0.3, 0.4) is 0 Å². The summed E-state index contributed by atoms with van der Waals surface area (Å²) in [4.78, 5) is 20.0. The molecule has 0 aliphatic carbocycles. The first-order valence-electron chi connectivity index (χ1n) is 10.1. The zero-order valence-electron chi connectivity index (χ0n) is 17.3.